The highest BCUT2D eigenvalue weighted by atomic mass is 32.2. The molecule has 0 radical (unpaired) electrons. The zero-order chi connectivity index (χ0) is 26.2. The average Bonchev–Trinajstić information content (AvgIpc) is 2.91. The number of aromatic nitrogens is 2. The predicted octanol–water partition coefficient (Wildman–Crippen LogP) is 3.25. The fourth-order valence-corrected chi connectivity index (χ4v) is 6.16. The van der Waals surface area contributed by atoms with E-state index >= 15 is 0 Å². The molecule has 3 aromatic carbocycles. The van der Waals surface area contributed by atoms with Crippen LogP contribution in [0.5, 0.6) is 0 Å². The molecule has 0 atom stereocenters. The van der Waals surface area contributed by atoms with Crippen LogP contribution in [0.3, 0.4) is 0 Å². The summed E-state index contributed by atoms with van der Waals surface area (Å²) < 4.78 is 28.4. The largest absolute Gasteiger partial charge is 0.369 e. The molecule has 37 heavy (non-hydrogen) atoms. The zero-order valence-electron chi connectivity index (χ0n) is 20.1. The Morgan fingerprint density at radius 2 is 1.57 bits per heavy atom. The van der Waals surface area contributed by atoms with Crippen LogP contribution in [0.25, 0.3) is 16.5 Å². The number of nitrogens with zero attached hydrogens (tertiary/aromatic N) is 5. The van der Waals surface area contributed by atoms with Gasteiger partial charge in [-0.05, 0) is 30.7 Å². The smallest absolute Gasteiger partial charge is 0.295 e. The van der Waals surface area contributed by atoms with Crippen molar-refractivity contribution >= 4 is 32.2 Å². The molecule has 0 aliphatic carbocycles. The lowest BCUT2D eigenvalue weighted by Crippen LogP contribution is -2.49. The number of sulfonamides is 1. The molecular weight excluding hydrogens is 494 g/mol. The quantitative estimate of drug-likeness (QED) is 0.283. The fraction of sp³-hybridized carbons (Fsp3) is 0.231. The first-order valence-corrected chi connectivity index (χ1v) is 13.4. The first-order valence-electron chi connectivity index (χ1n) is 11.8. The zero-order valence-corrected chi connectivity index (χ0v) is 21.0. The SMILES string of the molecule is Cc1nn(-c2cc(N3CCN(S(=O)(=O)Cc4ccccc4)CC3)ccc2[N+](=O)[O-])c(=O)c2ccccc12. The Balaban J connectivity index is 1.44. The molecule has 0 spiro atoms. The number of piperazine rings is 1. The van der Waals surface area contributed by atoms with E-state index in [1.165, 1.54) is 10.4 Å². The maximum absolute atomic E-state index is 13.2. The number of benzene rings is 3. The number of hydrogen-bond acceptors (Lipinski definition) is 7. The monoisotopic (exact) mass is 519 g/mol. The molecule has 0 saturated carbocycles. The molecule has 1 fully saturated rings. The highest BCUT2D eigenvalue weighted by molar-refractivity contribution is 7.88. The Morgan fingerprint density at radius 3 is 2.24 bits per heavy atom. The second kappa shape index (κ2) is 9.75. The van der Waals surface area contributed by atoms with Crippen molar-refractivity contribution in [2.75, 3.05) is 31.1 Å². The van der Waals surface area contributed by atoms with Crippen LogP contribution >= 0.6 is 0 Å². The number of rotatable bonds is 6. The van der Waals surface area contributed by atoms with Crippen molar-refractivity contribution in [3.8, 4) is 5.69 Å². The standard InChI is InChI=1S/C26H25N5O5S/c1-19-22-9-5-6-10-23(22)26(32)30(27-19)25-17-21(11-12-24(25)31(33)34)28-13-15-29(16-14-28)37(35,36)18-20-7-3-2-4-8-20/h2-12,17H,13-16,18H2,1H3. The number of aryl methyl sites for hydroxylation is 1. The third-order valence-corrected chi connectivity index (χ3v) is 8.41. The number of hydrogen-bond donors (Lipinski definition) is 0. The molecule has 2 heterocycles. The van der Waals surface area contributed by atoms with Crippen molar-refractivity contribution in [2.24, 2.45) is 0 Å². The van der Waals surface area contributed by atoms with E-state index in [0.717, 1.165) is 10.2 Å². The van der Waals surface area contributed by atoms with Crippen LogP contribution in [0.1, 0.15) is 11.3 Å². The van der Waals surface area contributed by atoms with Gasteiger partial charge in [-0.1, -0.05) is 48.5 Å². The van der Waals surface area contributed by atoms with Gasteiger partial charge < -0.3 is 4.90 Å². The minimum Gasteiger partial charge on any atom is -0.369 e. The van der Waals surface area contributed by atoms with Crippen LogP contribution in [-0.2, 0) is 15.8 Å². The van der Waals surface area contributed by atoms with Gasteiger partial charge in [0, 0.05) is 43.3 Å². The molecular formula is C26H25N5O5S. The van der Waals surface area contributed by atoms with Gasteiger partial charge in [0.15, 0.2) is 0 Å². The summed E-state index contributed by atoms with van der Waals surface area (Å²) in [5.74, 6) is -0.0641. The first-order chi connectivity index (χ1) is 17.7. The molecule has 0 N–H and O–H groups in total. The van der Waals surface area contributed by atoms with Crippen LogP contribution in [0.4, 0.5) is 11.4 Å². The first kappa shape index (κ1) is 24.6. The lowest BCUT2D eigenvalue weighted by atomic mass is 10.1. The van der Waals surface area contributed by atoms with Crippen molar-refractivity contribution in [1.82, 2.24) is 14.1 Å². The summed E-state index contributed by atoms with van der Waals surface area (Å²) in [5, 5.41) is 17.3. The third-order valence-electron chi connectivity index (χ3n) is 6.56. The number of nitro groups is 1. The van der Waals surface area contributed by atoms with Gasteiger partial charge in [0.05, 0.1) is 21.8 Å². The molecule has 0 amide bonds. The molecule has 0 unspecified atom stereocenters. The lowest BCUT2D eigenvalue weighted by Gasteiger charge is -2.35. The van der Waals surface area contributed by atoms with E-state index in [1.807, 2.05) is 29.2 Å². The van der Waals surface area contributed by atoms with Gasteiger partial charge in [-0.2, -0.15) is 14.1 Å². The third kappa shape index (κ3) is 4.83. The number of fused-ring (bicyclic) bond motifs is 1. The van der Waals surface area contributed by atoms with Gasteiger partial charge in [0.25, 0.3) is 11.2 Å². The molecule has 1 saturated heterocycles. The molecule has 5 rings (SSSR count). The van der Waals surface area contributed by atoms with E-state index < -0.39 is 20.5 Å². The summed E-state index contributed by atoms with van der Waals surface area (Å²) in [5.41, 5.74) is 1.34. The van der Waals surface area contributed by atoms with Gasteiger partial charge in [-0.15, -0.1) is 0 Å². The Kier molecular flexibility index (Phi) is 6.48. The van der Waals surface area contributed by atoms with E-state index in [0.29, 0.717) is 35.2 Å². The minimum absolute atomic E-state index is 0.0641. The molecule has 11 heteroatoms. The molecule has 1 aliphatic rings. The molecule has 190 valence electrons. The lowest BCUT2D eigenvalue weighted by molar-refractivity contribution is -0.384. The van der Waals surface area contributed by atoms with Crippen molar-refractivity contribution in [3.05, 3.63) is 105 Å². The number of anilines is 1. The van der Waals surface area contributed by atoms with Crippen LogP contribution in [0.15, 0.2) is 77.6 Å². The van der Waals surface area contributed by atoms with Crippen LogP contribution in [0.2, 0.25) is 0 Å². The van der Waals surface area contributed by atoms with Crippen LogP contribution in [-0.4, -0.2) is 53.6 Å². The van der Waals surface area contributed by atoms with E-state index in [1.54, 1.807) is 49.4 Å². The van der Waals surface area contributed by atoms with E-state index in [-0.39, 0.29) is 30.2 Å². The van der Waals surface area contributed by atoms with Crippen molar-refractivity contribution in [1.29, 1.82) is 0 Å². The molecule has 0 bridgehead atoms. The molecule has 10 nitrogen and oxygen atoms in total. The van der Waals surface area contributed by atoms with Crippen molar-refractivity contribution in [2.45, 2.75) is 12.7 Å². The fourth-order valence-electron chi connectivity index (χ4n) is 4.64. The predicted molar refractivity (Wildman–Crippen MR) is 142 cm³/mol. The Hall–Kier alpha value is -4.09. The van der Waals surface area contributed by atoms with Gasteiger partial charge in [-0.25, -0.2) is 8.42 Å². The number of nitro benzene ring substituents is 1. The summed E-state index contributed by atoms with van der Waals surface area (Å²) in [7, 11) is -3.48. The van der Waals surface area contributed by atoms with Gasteiger partial charge in [0.1, 0.15) is 5.69 Å². The molecule has 1 aromatic heterocycles. The maximum atomic E-state index is 13.2. The van der Waals surface area contributed by atoms with Gasteiger partial charge in [-0.3, -0.25) is 14.9 Å². The maximum Gasteiger partial charge on any atom is 0.295 e. The summed E-state index contributed by atoms with van der Waals surface area (Å²) in [6.07, 6.45) is 0. The van der Waals surface area contributed by atoms with Crippen LogP contribution < -0.4 is 10.5 Å². The highest BCUT2D eigenvalue weighted by Crippen LogP contribution is 2.29. The topological polar surface area (TPSA) is 119 Å². The summed E-state index contributed by atoms with van der Waals surface area (Å²) in [4.78, 5) is 26.5. The van der Waals surface area contributed by atoms with E-state index in [9.17, 15) is 23.3 Å². The second-order valence-corrected chi connectivity index (χ2v) is 10.9. The minimum atomic E-state index is -3.48. The summed E-state index contributed by atoms with van der Waals surface area (Å²) in [6.45, 7) is 3.14. The molecule has 1 aliphatic heterocycles. The Morgan fingerprint density at radius 1 is 0.919 bits per heavy atom. The van der Waals surface area contributed by atoms with Gasteiger partial charge in [0.2, 0.25) is 10.0 Å². The summed E-state index contributed by atoms with van der Waals surface area (Å²) >= 11 is 0. The van der Waals surface area contributed by atoms with Crippen LogP contribution in [0, 0.1) is 17.0 Å². The van der Waals surface area contributed by atoms with Gasteiger partial charge >= 0.3 is 0 Å². The molecule has 4 aromatic rings. The van der Waals surface area contributed by atoms with Crippen molar-refractivity contribution < 1.29 is 13.3 Å². The second-order valence-electron chi connectivity index (χ2n) is 8.91. The van der Waals surface area contributed by atoms with E-state index in [2.05, 4.69) is 5.10 Å². The Labute approximate surface area is 213 Å². The Bertz CT molecular complexity index is 1650. The summed E-state index contributed by atoms with van der Waals surface area (Å²) in [6, 6.07) is 20.6. The highest BCUT2D eigenvalue weighted by Gasteiger charge is 2.28. The average molecular weight is 520 g/mol. The normalized spacial score (nSPS) is 14.7. The van der Waals surface area contributed by atoms with E-state index in [4.69, 9.17) is 0 Å². The van der Waals surface area contributed by atoms with Crippen molar-refractivity contribution in [3.63, 3.8) is 0 Å².